The predicted octanol–water partition coefficient (Wildman–Crippen LogP) is 0.637. The van der Waals surface area contributed by atoms with Gasteiger partial charge in [0.05, 0.1) is 6.61 Å². The van der Waals surface area contributed by atoms with Gasteiger partial charge in [0, 0.05) is 38.3 Å². The van der Waals surface area contributed by atoms with E-state index in [1.54, 1.807) is 0 Å². The van der Waals surface area contributed by atoms with Crippen LogP contribution in [0, 0.1) is 5.92 Å². The highest BCUT2D eigenvalue weighted by molar-refractivity contribution is 4.87. The number of likely N-dealkylation sites (N-methyl/N-ethyl adjacent to an activating group) is 2. The van der Waals surface area contributed by atoms with E-state index in [9.17, 15) is 0 Å². The molecule has 0 saturated carbocycles. The molecule has 4 heteroatoms. The molecular weight excluding hydrogens is 226 g/mol. The van der Waals surface area contributed by atoms with Gasteiger partial charge in [-0.3, -0.25) is 0 Å². The van der Waals surface area contributed by atoms with E-state index in [1.807, 2.05) is 0 Å². The number of nitrogens with one attached hydrogen (secondary N) is 1. The summed E-state index contributed by atoms with van der Waals surface area (Å²) in [4.78, 5) is 4.99. The Hall–Kier alpha value is -0.160. The van der Waals surface area contributed by atoms with E-state index in [4.69, 9.17) is 4.74 Å². The van der Waals surface area contributed by atoms with Gasteiger partial charge < -0.3 is 19.9 Å². The molecular formula is C14H29N3O. The van der Waals surface area contributed by atoms with Crippen LogP contribution in [0.1, 0.15) is 19.8 Å². The Labute approximate surface area is 112 Å². The highest BCUT2D eigenvalue weighted by Crippen LogP contribution is 2.22. The molecule has 106 valence electrons. The normalized spacial score (nSPS) is 32.8. The van der Waals surface area contributed by atoms with Crippen LogP contribution in [0.3, 0.4) is 0 Å². The lowest BCUT2D eigenvalue weighted by Gasteiger charge is -2.40. The summed E-state index contributed by atoms with van der Waals surface area (Å²) >= 11 is 0. The maximum atomic E-state index is 5.56. The van der Waals surface area contributed by atoms with E-state index >= 15 is 0 Å². The number of rotatable bonds is 5. The fourth-order valence-corrected chi connectivity index (χ4v) is 3.22. The third kappa shape index (κ3) is 3.67. The molecule has 0 aromatic rings. The first-order chi connectivity index (χ1) is 8.70. The average molecular weight is 255 g/mol. The van der Waals surface area contributed by atoms with Gasteiger partial charge in [0.2, 0.25) is 0 Å². The lowest BCUT2D eigenvalue weighted by molar-refractivity contribution is 0.0920. The van der Waals surface area contributed by atoms with Gasteiger partial charge in [-0.15, -0.1) is 0 Å². The van der Waals surface area contributed by atoms with E-state index < -0.39 is 0 Å². The minimum atomic E-state index is 0.622. The number of piperazine rings is 1. The van der Waals surface area contributed by atoms with Crippen LogP contribution in [-0.2, 0) is 4.74 Å². The van der Waals surface area contributed by atoms with Crippen molar-refractivity contribution in [1.29, 1.82) is 0 Å². The van der Waals surface area contributed by atoms with Gasteiger partial charge >= 0.3 is 0 Å². The van der Waals surface area contributed by atoms with Crippen molar-refractivity contribution in [3.63, 3.8) is 0 Å². The molecule has 0 amide bonds. The van der Waals surface area contributed by atoms with Crippen LogP contribution in [-0.4, -0.2) is 75.4 Å². The molecule has 0 bridgehead atoms. The first-order valence-corrected chi connectivity index (χ1v) is 7.40. The molecule has 2 heterocycles. The summed E-state index contributed by atoms with van der Waals surface area (Å²) in [5, 5.41) is 3.68. The fourth-order valence-electron chi connectivity index (χ4n) is 3.22. The third-order valence-electron chi connectivity index (χ3n) is 4.51. The first-order valence-electron chi connectivity index (χ1n) is 7.40. The molecule has 2 aliphatic rings. The van der Waals surface area contributed by atoms with Gasteiger partial charge in [-0.2, -0.15) is 0 Å². The minimum absolute atomic E-state index is 0.622. The molecule has 0 aromatic carbocycles. The molecule has 0 aromatic heterocycles. The van der Waals surface area contributed by atoms with Crippen molar-refractivity contribution in [1.82, 2.24) is 15.1 Å². The fraction of sp³-hybridized carbons (Fsp3) is 1.00. The first kappa shape index (κ1) is 14.3. The van der Waals surface area contributed by atoms with Crippen LogP contribution >= 0.6 is 0 Å². The third-order valence-corrected chi connectivity index (χ3v) is 4.51. The summed E-state index contributed by atoms with van der Waals surface area (Å²) in [5.41, 5.74) is 0. The van der Waals surface area contributed by atoms with Crippen LogP contribution < -0.4 is 5.32 Å². The maximum absolute atomic E-state index is 5.56. The van der Waals surface area contributed by atoms with E-state index in [-0.39, 0.29) is 0 Å². The molecule has 18 heavy (non-hydrogen) atoms. The van der Waals surface area contributed by atoms with Crippen molar-refractivity contribution in [3.8, 4) is 0 Å². The van der Waals surface area contributed by atoms with E-state index in [0.29, 0.717) is 18.0 Å². The Morgan fingerprint density at radius 2 is 2.17 bits per heavy atom. The topological polar surface area (TPSA) is 27.7 Å². The molecule has 0 aliphatic carbocycles. The van der Waals surface area contributed by atoms with Crippen LogP contribution in [0.15, 0.2) is 0 Å². The number of nitrogens with zero attached hydrogens (tertiary/aromatic N) is 2. The molecule has 0 spiro atoms. The van der Waals surface area contributed by atoms with Gasteiger partial charge in [-0.25, -0.2) is 0 Å². The average Bonchev–Trinajstić information content (AvgIpc) is 2.87. The Morgan fingerprint density at radius 3 is 2.83 bits per heavy atom. The summed E-state index contributed by atoms with van der Waals surface area (Å²) in [7, 11) is 4.51. The zero-order valence-corrected chi connectivity index (χ0v) is 12.2. The molecule has 3 atom stereocenters. The molecule has 1 N–H and O–H groups in total. The van der Waals surface area contributed by atoms with Crippen LogP contribution in [0.5, 0.6) is 0 Å². The lowest BCUT2D eigenvalue weighted by atomic mass is 9.91. The number of hydrogen-bond donors (Lipinski definition) is 1. The molecule has 3 unspecified atom stereocenters. The zero-order chi connectivity index (χ0) is 13.0. The standard InChI is InChI=1S/C14H29N3O/c1-4-15-14(12-5-8-18-11-12)9-13-10-16(2)6-7-17(13)3/h12-15H,4-11H2,1-3H3. The van der Waals surface area contributed by atoms with E-state index in [0.717, 1.165) is 19.8 Å². The van der Waals surface area contributed by atoms with E-state index in [1.165, 1.54) is 32.5 Å². The SMILES string of the molecule is CCNC(CC1CN(C)CCN1C)C1CCOC1. The Bertz CT molecular complexity index is 243. The molecule has 2 rings (SSSR count). The summed E-state index contributed by atoms with van der Waals surface area (Å²) in [6, 6.07) is 1.31. The summed E-state index contributed by atoms with van der Waals surface area (Å²) in [5.74, 6) is 0.714. The Kier molecular flexibility index (Phi) is 5.42. The number of hydrogen-bond acceptors (Lipinski definition) is 4. The quantitative estimate of drug-likeness (QED) is 0.780. The van der Waals surface area contributed by atoms with Crippen molar-refractivity contribution in [2.75, 3.05) is 53.5 Å². The van der Waals surface area contributed by atoms with Gasteiger partial charge in [0.25, 0.3) is 0 Å². The monoisotopic (exact) mass is 255 g/mol. The Morgan fingerprint density at radius 1 is 1.33 bits per heavy atom. The van der Waals surface area contributed by atoms with Crippen molar-refractivity contribution >= 4 is 0 Å². The van der Waals surface area contributed by atoms with Gasteiger partial charge in [0.15, 0.2) is 0 Å². The molecule has 2 saturated heterocycles. The second-order valence-corrected chi connectivity index (χ2v) is 5.92. The lowest BCUT2D eigenvalue weighted by Crippen LogP contribution is -2.53. The molecule has 0 radical (unpaired) electrons. The highest BCUT2D eigenvalue weighted by atomic mass is 16.5. The Balaban J connectivity index is 1.89. The van der Waals surface area contributed by atoms with Crippen molar-refractivity contribution in [3.05, 3.63) is 0 Å². The smallest absolute Gasteiger partial charge is 0.0510 e. The molecule has 4 nitrogen and oxygen atoms in total. The van der Waals surface area contributed by atoms with E-state index in [2.05, 4.69) is 36.1 Å². The van der Waals surface area contributed by atoms with Crippen molar-refractivity contribution < 1.29 is 4.74 Å². The van der Waals surface area contributed by atoms with Gasteiger partial charge in [-0.1, -0.05) is 6.92 Å². The second-order valence-electron chi connectivity index (χ2n) is 5.92. The van der Waals surface area contributed by atoms with Crippen LogP contribution in [0.4, 0.5) is 0 Å². The summed E-state index contributed by atoms with van der Waals surface area (Å²) < 4.78 is 5.56. The largest absolute Gasteiger partial charge is 0.381 e. The summed E-state index contributed by atoms with van der Waals surface area (Å²) in [6.45, 7) is 8.77. The zero-order valence-electron chi connectivity index (χ0n) is 12.2. The van der Waals surface area contributed by atoms with Crippen LogP contribution in [0.2, 0.25) is 0 Å². The van der Waals surface area contributed by atoms with Crippen LogP contribution in [0.25, 0.3) is 0 Å². The molecule has 2 aliphatic heterocycles. The van der Waals surface area contributed by atoms with Gasteiger partial charge in [0.1, 0.15) is 0 Å². The summed E-state index contributed by atoms with van der Waals surface area (Å²) in [6.07, 6.45) is 2.48. The van der Waals surface area contributed by atoms with Crippen molar-refractivity contribution in [2.24, 2.45) is 5.92 Å². The second kappa shape index (κ2) is 6.85. The van der Waals surface area contributed by atoms with Crippen molar-refractivity contribution in [2.45, 2.75) is 31.8 Å². The predicted molar refractivity (Wildman–Crippen MR) is 74.9 cm³/mol. The number of ether oxygens (including phenoxy) is 1. The highest BCUT2D eigenvalue weighted by Gasteiger charge is 2.30. The van der Waals surface area contributed by atoms with Gasteiger partial charge in [-0.05, 0) is 39.4 Å². The minimum Gasteiger partial charge on any atom is -0.381 e. The maximum Gasteiger partial charge on any atom is 0.0510 e. The molecule has 2 fully saturated rings.